The summed E-state index contributed by atoms with van der Waals surface area (Å²) in [6.07, 6.45) is 6.30. The summed E-state index contributed by atoms with van der Waals surface area (Å²) in [5, 5.41) is 5.10. The zero-order valence-electron chi connectivity index (χ0n) is 32.5. The summed E-state index contributed by atoms with van der Waals surface area (Å²) < 4.78 is 9.31. The molecule has 294 valence electrons. The summed E-state index contributed by atoms with van der Waals surface area (Å²) in [6, 6.07) is 15.3. The van der Waals surface area contributed by atoms with E-state index >= 15 is 0 Å². The standard InChI is InChI=1S/C37H45N9O6.C3H8/c1-22(2)31(44-36(50)52-4)33(48)46-18-6-16-37(46,38)34-40-20-28(43-34)26-14-10-24(11-15-26)23-8-12-25(13-9-23)27-19-39-32(42-27)29-7-5-17-45(29)30(47)21-41-35(49)51-3;1-3-2/h8-15,19-20,22,29,31H,5-7,16-18,21,38H2,1-4H3,(H,39,42)(H,40,43)(H,41,49)(H,44,50);3H2,1-2H3/t29-,31-,37-;/m0./s1. The third-order valence-electron chi connectivity index (χ3n) is 9.84. The number of nitrogens with one attached hydrogen (secondary N) is 4. The number of aromatic nitrogens is 4. The first-order valence-electron chi connectivity index (χ1n) is 18.8. The smallest absolute Gasteiger partial charge is 0.407 e. The van der Waals surface area contributed by atoms with Crippen LogP contribution in [-0.4, -0.2) is 93.6 Å². The van der Waals surface area contributed by atoms with Gasteiger partial charge in [0.05, 0.1) is 44.0 Å². The molecule has 0 spiro atoms. The maximum absolute atomic E-state index is 13.6. The molecule has 4 heterocycles. The number of benzene rings is 2. The van der Waals surface area contributed by atoms with Crippen molar-refractivity contribution in [3.8, 4) is 33.6 Å². The predicted octanol–water partition coefficient (Wildman–Crippen LogP) is 5.68. The lowest BCUT2D eigenvalue weighted by Crippen LogP contribution is -2.59. The van der Waals surface area contributed by atoms with E-state index in [9.17, 15) is 19.2 Å². The number of ether oxygens (including phenoxy) is 2. The molecule has 15 heteroatoms. The fourth-order valence-corrected chi connectivity index (χ4v) is 6.96. The van der Waals surface area contributed by atoms with Gasteiger partial charge in [-0.05, 0) is 53.9 Å². The number of carbonyl (C=O) groups excluding carboxylic acids is 4. The summed E-state index contributed by atoms with van der Waals surface area (Å²) in [5.74, 6) is 0.562. The number of carbonyl (C=O) groups is 4. The molecule has 3 atom stereocenters. The summed E-state index contributed by atoms with van der Waals surface area (Å²) in [4.78, 5) is 69.0. The van der Waals surface area contributed by atoms with Crippen molar-refractivity contribution in [2.24, 2.45) is 11.7 Å². The third kappa shape index (κ3) is 9.16. The lowest BCUT2D eigenvalue weighted by Gasteiger charge is -2.36. The van der Waals surface area contributed by atoms with Gasteiger partial charge in [-0.25, -0.2) is 19.6 Å². The van der Waals surface area contributed by atoms with E-state index in [1.807, 2.05) is 62.4 Å². The van der Waals surface area contributed by atoms with Crippen LogP contribution in [0.25, 0.3) is 33.6 Å². The zero-order valence-corrected chi connectivity index (χ0v) is 32.5. The van der Waals surface area contributed by atoms with Gasteiger partial charge in [-0.1, -0.05) is 82.6 Å². The van der Waals surface area contributed by atoms with Gasteiger partial charge in [0.2, 0.25) is 11.8 Å². The molecule has 0 unspecified atom stereocenters. The lowest BCUT2D eigenvalue weighted by atomic mass is 10.0. The van der Waals surface area contributed by atoms with Crippen molar-refractivity contribution in [2.45, 2.75) is 77.5 Å². The molecule has 2 saturated heterocycles. The number of hydrogen-bond donors (Lipinski definition) is 5. The van der Waals surface area contributed by atoms with Crippen LogP contribution in [0.2, 0.25) is 0 Å². The minimum atomic E-state index is -1.14. The largest absolute Gasteiger partial charge is 0.453 e. The maximum atomic E-state index is 13.6. The molecule has 0 bridgehead atoms. The van der Waals surface area contributed by atoms with E-state index < -0.39 is 23.9 Å². The number of rotatable bonds is 10. The first-order chi connectivity index (χ1) is 26.4. The van der Waals surface area contributed by atoms with Gasteiger partial charge >= 0.3 is 12.2 Å². The van der Waals surface area contributed by atoms with Crippen LogP contribution in [0.5, 0.6) is 0 Å². The summed E-state index contributed by atoms with van der Waals surface area (Å²) >= 11 is 0. The number of hydrogen-bond acceptors (Lipinski definition) is 9. The van der Waals surface area contributed by atoms with E-state index in [0.717, 1.165) is 46.5 Å². The van der Waals surface area contributed by atoms with Crippen molar-refractivity contribution in [3.05, 3.63) is 72.6 Å². The van der Waals surface area contributed by atoms with E-state index in [1.165, 1.54) is 20.6 Å². The van der Waals surface area contributed by atoms with Gasteiger partial charge in [0.15, 0.2) is 5.66 Å². The van der Waals surface area contributed by atoms with Crippen LogP contribution in [0.3, 0.4) is 0 Å². The maximum Gasteiger partial charge on any atom is 0.407 e. The second-order valence-corrected chi connectivity index (χ2v) is 14.2. The SMILES string of the molecule is CCC.COC(=O)NCC(=O)N1CCC[C@H]1c1ncc(-c2ccc(-c3ccc(-c4cnc([C@]5(N)CCCN5C(=O)[C@@H](NC(=O)OC)C(C)C)[nH]4)cc3)cc2)[nH]1. The highest BCUT2D eigenvalue weighted by atomic mass is 16.5. The Hall–Kier alpha value is -5.70. The summed E-state index contributed by atoms with van der Waals surface area (Å²) in [5.41, 5.74) is 11.3. The Labute approximate surface area is 321 Å². The highest BCUT2D eigenvalue weighted by Gasteiger charge is 2.46. The van der Waals surface area contributed by atoms with Crippen LogP contribution in [0, 0.1) is 5.92 Å². The van der Waals surface area contributed by atoms with E-state index in [0.29, 0.717) is 37.6 Å². The molecule has 6 N–H and O–H groups in total. The zero-order chi connectivity index (χ0) is 39.7. The number of alkyl carbamates (subject to hydrolysis) is 2. The summed E-state index contributed by atoms with van der Waals surface area (Å²) in [7, 11) is 2.52. The number of imidazole rings is 2. The number of amides is 4. The van der Waals surface area contributed by atoms with Crippen LogP contribution in [0.4, 0.5) is 9.59 Å². The molecule has 0 radical (unpaired) electrons. The Balaban J connectivity index is 0.00000187. The molecule has 6 rings (SSSR count). The molecular weight excluding hydrogens is 702 g/mol. The first kappa shape index (κ1) is 40.5. The minimum Gasteiger partial charge on any atom is -0.453 e. The van der Waals surface area contributed by atoms with Gasteiger partial charge < -0.3 is 45.6 Å². The minimum absolute atomic E-state index is 0.130. The molecule has 2 aliphatic heterocycles. The quantitative estimate of drug-likeness (QED) is 0.135. The number of aromatic amines is 2. The Morgan fingerprint density at radius 1 is 0.855 bits per heavy atom. The highest BCUT2D eigenvalue weighted by molar-refractivity contribution is 5.87. The van der Waals surface area contributed by atoms with Gasteiger partial charge in [-0.3, -0.25) is 9.59 Å². The van der Waals surface area contributed by atoms with Crippen molar-refractivity contribution >= 4 is 24.0 Å². The van der Waals surface area contributed by atoms with E-state index in [4.69, 9.17) is 10.5 Å². The number of nitrogens with zero attached hydrogens (tertiary/aromatic N) is 4. The molecular formula is C40H53N9O6. The molecule has 4 amide bonds. The topological polar surface area (TPSA) is 201 Å². The Kier molecular flexibility index (Phi) is 13.3. The molecule has 0 aliphatic carbocycles. The molecule has 15 nitrogen and oxygen atoms in total. The predicted molar refractivity (Wildman–Crippen MR) is 208 cm³/mol. The van der Waals surface area contributed by atoms with Gasteiger partial charge in [0.1, 0.15) is 24.2 Å². The number of likely N-dealkylation sites (tertiary alicyclic amines) is 2. The molecule has 55 heavy (non-hydrogen) atoms. The van der Waals surface area contributed by atoms with Gasteiger partial charge in [-0.15, -0.1) is 0 Å². The molecule has 2 fully saturated rings. The Morgan fingerprint density at radius 2 is 1.42 bits per heavy atom. The Morgan fingerprint density at radius 3 is 2.00 bits per heavy atom. The third-order valence-corrected chi connectivity index (χ3v) is 9.84. The number of nitrogens with two attached hydrogens (primary N) is 1. The second kappa shape index (κ2) is 18.1. The van der Waals surface area contributed by atoms with Crippen LogP contribution in [0.1, 0.15) is 77.5 Å². The average Bonchev–Trinajstić information content (AvgIpc) is 4.03. The van der Waals surface area contributed by atoms with E-state index in [2.05, 4.69) is 49.2 Å². The molecule has 4 aromatic rings. The Bertz CT molecular complexity index is 1920. The molecule has 2 aromatic heterocycles. The van der Waals surface area contributed by atoms with Crippen LogP contribution >= 0.6 is 0 Å². The fourth-order valence-electron chi connectivity index (χ4n) is 6.96. The van der Waals surface area contributed by atoms with Crippen LogP contribution in [-0.2, 0) is 24.7 Å². The summed E-state index contributed by atoms with van der Waals surface area (Å²) in [6.45, 7) is 8.89. The molecule has 2 aromatic carbocycles. The monoisotopic (exact) mass is 755 g/mol. The molecule has 2 aliphatic rings. The van der Waals surface area contributed by atoms with Gasteiger partial charge in [0.25, 0.3) is 0 Å². The van der Waals surface area contributed by atoms with E-state index in [1.54, 1.807) is 22.2 Å². The van der Waals surface area contributed by atoms with Gasteiger partial charge in [0, 0.05) is 13.1 Å². The van der Waals surface area contributed by atoms with Crippen molar-refractivity contribution < 1.29 is 28.7 Å². The first-order valence-corrected chi connectivity index (χ1v) is 18.8. The second-order valence-electron chi connectivity index (χ2n) is 14.2. The molecule has 0 saturated carbocycles. The number of methoxy groups -OCH3 is 2. The van der Waals surface area contributed by atoms with Crippen molar-refractivity contribution in [1.82, 2.24) is 40.4 Å². The fraction of sp³-hybridized carbons (Fsp3) is 0.450. The van der Waals surface area contributed by atoms with Crippen LogP contribution in [0.15, 0.2) is 60.9 Å². The average molecular weight is 756 g/mol. The van der Waals surface area contributed by atoms with Crippen molar-refractivity contribution in [2.75, 3.05) is 33.9 Å². The highest BCUT2D eigenvalue weighted by Crippen LogP contribution is 2.36. The van der Waals surface area contributed by atoms with E-state index in [-0.39, 0.29) is 30.3 Å². The normalized spacial score (nSPS) is 18.4. The lowest BCUT2D eigenvalue weighted by molar-refractivity contribution is -0.139. The van der Waals surface area contributed by atoms with Crippen LogP contribution < -0.4 is 16.4 Å². The number of H-pyrrole nitrogens is 2. The van der Waals surface area contributed by atoms with Crippen molar-refractivity contribution in [3.63, 3.8) is 0 Å². The van der Waals surface area contributed by atoms with Gasteiger partial charge in [-0.2, -0.15) is 0 Å². The van der Waals surface area contributed by atoms with Crippen molar-refractivity contribution in [1.29, 1.82) is 0 Å².